The lowest BCUT2D eigenvalue weighted by Gasteiger charge is -2.27. The Kier molecular flexibility index (Phi) is 64.2. The molecule has 0 saturated heterocycles. The van der Waals surface area contributed by atoms with Crippen LogP contribution in [0.2, 0.25) is 0 Å². The summed E-state index contributed by atoms with van der Waals surface area (Å²) in [4.78, 5) is 37.9. The molecule has 3 unspecified atom stereocenters. The van der Waals surface area contributed by atoms with Crippen molar-refractivity contribution in [1.29, 1.82) is 0 Å². The Balaban J connectivity index is 5.05. The lowest BCUT2D eigenvalue weighted by molar-refractivity contribution is -0.870. The van der Waals surface area contributed by atoms with E-state index in [1.54, 1.807) is 0 Å². The molecule has 10 heteroatoms. The smallest absolute Gasteiger partial charge is 0.456 e. The van der Waals surface area contributed by atoms with Crippen LogP contribution in [-0.2, 0) is 27.9 Å². The molecule has 0 saturated carbocycles. The average Bonchev–Trinajstić information content (AvgIpc) is 3.62. The van der Waals surface area contributed by atoms with Crippen molar-refractivity contribution in [2.75, 3.05) is 40.9 Å². The lowest BCUT2D eigenvalue weighted by Crippen LogP contribution is -2.47. The first-order valence-corrected chi connectivity index (χ1v) is 38.0. The fourth-order valence-electron chi connectivity index (χ4n) is 9.99. The topological polar surface area (TPSA) is 111 Å². The summed E-state index contributed by atoms with van der Waals surface area (Å²) in [6.45, 7) is 6.86. The molecule has 0 fully saturated rings. The van der Waals surface area contributed by atoms with Gasteiger partial charge in [-0.3, -0.25) is 18.6 Å². The highest BCUT2D eigenvalue weighted by Crippen LogP contribution is 2.43. The maximum atomic E-state index is 13.6. The quantitative estimate of drug-likeness (QED) is 0.0205. The summed E-state index contributed by atoms with van der Waals surface area (Å²) in [6, 6.07) is -0.868. The zero-order valence-electron chi connectivity index (χ0n) is 58.4. The van der Waals surface area contributed by atoms with E-state index in [-0.39, 0.29) is 31.5 Å². The number of phosphoric acid groups is 1. The normalized spacial score (nSPS) is 14.3. The van der Waals surface area contributed by atoms with E-state index in [0.29, 0.717) is 17.4 Å². The number of hydrogen-bond acceptors (Lipinski definition) is 6. The second-order valence-electron chi connectivity index (χ2n) is 25.4. The molecule has 1 amide bonds. The Labute approximate surface area is 549 Å². The van der Waals surface area contributed by atoms with Gasteiger partial charge in [-0.05, 0) is 128 Å². The minimum absolute atomic E-state index is 0.0299. The van der Waals surface area contributed by atoms with Crippen LogP contribution in [-0.4, -0.2) is 74.3 Å². The summed E-state index contributed by atoms with van der Waals surface area (Å²) in [5.74, 6) is -0.529. The number of nitrogens with one attached hydrogen (secondary N) is 1. The van der Waals surface area contributed by atoms with Gasteiger partial charge in [-0.1, -0.05) is 296 Å². The number of carbonyl (C=O) groups is 2. The van der Waals surface area contributed by atoms with Crippen molar-refractivity contribution in [3.63, 3.8) is 0 Å². The van der Waals surface area contributed by atoms with Crippen molar-refractivity contribution in [1.82, 2.24) is 5.32 Å². The number of ether oxygens (including phenoxy) is 1. The summed E-state index contributed by atoms with van der Waals surface area (Å²) >= 11 is 0. The Morgan fingerprint density at radius 1 is 0.404 bits per heavy atom. The Hall–Kier alpha value is -3.85. The summed E-state index contributed by atoms with van der Waals surface area (Å²) in [5, 5.41) is 3.06. The molecule has 0 aliphatic carbocycles. The van der Waals surface area contributed by atoms with Gasteiger partial charge in [-0.25, -0.2) is 4.57 Å². The van der Waals surface area contributed by atoms with Crippen molar-refractivity contribution in [2.45, 2.75) is 315 Å². The molecule has 0 aromatic heterocycles. The Bertz CT molecular complexity index is 1990. The number of hydrogen-bond donors (Lipinski definition) is 2. The van der Waals surface area contributed by atoms with Gasteiger partial charge in [0.25, 0.3) is 0 Å². The predicted molar refractivity (Wildman–Crippen MR) is 387 cm³/mol. The van der Waals surface area contributed by atoms with E-state index in [2.05, 4.69) is 148 Å². The van der Waals surface area contributed by atoms with Gasteiger partial charge in [0.1, 0.15) is 19.3 Å². The first-order valence-electron chi connectivity index (χ1n) is 36.5. The number of quaternary nitrogens is 1. The molecule has 0 aliphatic rings. The van der Waals surface area contributed by atoms with Crippen molar-refractivity contribution in [3.8, 4) is 0 Å². The maximum absolute atomic E-state index is 13.6. The molecule has 0 spiro atoms. The van der Waals surface area contributed by atoms with E-state index in [1.165, 1.54) is 128 Å². The van der Waals surface area contributed by atoms with Crippen LogP contribution in [0, 0.1) is 0 Å². The zero-order valence-corrected chi connectivity index (χ0v) is 59.3. The molecule has 3 atom stereocenters. The SMILES string of the molecule is CC/C=C\C/C=C\C/C=C\C/C=C\C/C=C\C/C=C\CCCCCCCCC(=O)NC(COP(=O)(O)OCC[N+](C)(C)C)C(/C=C/CCCCCCCCCCC)OC(=O)CCCCCCCCCCCCC/C=C\C/C=C\C/C=C\C/C=C\CCCCC. The third-order valence-corrected chi connectivity index (χ3v) is 16.6. The predicted octanol–water partition coefficient (Wildman–Crippen LogP) is 23.6. The number of amides is 1. The molecule has 9 nitrogen and oxygen atoms in total. The molecule has 0 bridgehead atoms. The highest BCUT2D eigenvalue weighted by Gasteiger charge is 2.30. The molecular formula is C79H138N2O7P+. The van der Waals surface area contributed by atoms with Crippen LogP contribution in [0.25, 0.3) is 0 Å². The molecular weight excluding hydrogens is 1120 g/mol. The van der Waals surface area contributed by atoms with Crippen LogP contribution in [0.15, 0.2) is 134 Å². The molecule has 89 heavy (non-hydrogen) atoms. The third-order valence-electron chi connectivity index (χ3n) is 15.6. The van der Waals surface area contributed by atoms with E-state index >= 15 is 0 Å². The van der Waals surface area contributed by atoms with Gasteiger partial charge in [-0.15, -0.1) is 0 Å². The van der Waals surface area contributed by atoms with Gasteiger partial charge in [0.15, 0.2) is 0 Å². The van der Waals surface area contributed by atoms with Crippen LogP contribution in [0.5, 0.6) is 0 Å². The molecule has 0 aromatic carbocycles. The molecule has 0 rings (SSSR count). The van der Waals surface area contributed by atoms with Gasteiger partial charge in [0.05, 0.1) is 33.8 Å². The number of phosphoric ester groups is 1. The van der Waals surface area contributed by atoms with Crippen LogP contribution in [0.1, 0.15) is 303 Å². The van der Waals surface area contributed by atoms with Gasteiger partial charge < -0.3 is 19.4 Å². The largest absolute Gasteiger partial charge is 0.472 e. The standard InChI is InChI=1S/C79H137N2O7P/c1-7-10-13-16-19-22-25-27-29-31-33-35-37-39-40-42-44-46-48-50-52-54-57-60-63-66-69-72-79(83)88-77(70-67-64-61-58-55-24-21-18-15-12-9-3)76(75-87-89(84,85)86-74-73-81(4,5)6)80-78(82)71-68-65-62-59-56-53-51-49-47-45-43-41-38-36-34-32-30-28-26-23-20-17-14-11-8-2/h11,14,19-20,22-23,27-30,33-36,39-41,43,47,49,67,70,76-77H,7-10,12-13,15-18,21,24-26,31-32,37-38,42,44-46,48,50-66,68-69,71-75H2,1-6H3,(H-,80,82,84,85)/p+1/b14-11-,22-19-,23-20-,29-27-,30-28-,35-33-,36-34-,40-39-,43-41-,49-47-,70-67+. The van der Waals surface area contributed by atoms with Gasteiger partial charge >= 0.3 is 13.8 Å². The number of likely N-dealkylation sites (N-methyl/N-ethyl adjacent to an activating group) is 1. The van der Waals surface area contributed by atoms with Gasteiger partial charge in [-0.2, -0.15) is 0 Å². The third kappa shape index (κ3) is 68.4. The number of rotatable bonds is 65. The fraction of sp³-hybridized carbons (Fsp3) is 0.696. The van der Waals surface area contributed by atoms with E-state index in [1.807, 2.05) is 33.3 Å². The monoisotopic (exact) mass is 1260 g/mol. The van der Waals surface area contributed by atoms with Crippen molar-refractivity contribution in [3.05, 3.63) is 134 Å². The molecule has 0 heterocycles. The average molecular weight is 1260 g/mol. The molecule has 0 radical (unpaired) electrons. The molecule has 510 valence electrons. The second-order valence-corrected chi connectivity index (χ2v) is 26.8. The summed E-state index contributed by atoms with van der Waals surface area (Å²) in [7, 11) is 1.47. The fourth-order valence-corrected chi connectivity index (χ4v) is 10.7. The van der Waals surface area contributed by atoms with E-state index in [0.717, 1.165) is 141 Å². The first-order chi connectivity index (χ1) is 43.4. The van der Waals surface area contributed by atoms with Gasteiger partial charge in [0.2, 0.25) is 5.91 Å². The van der Waals surface area contributed by atoms with Crippen LogP contribution >= 0.6 is 7.82 Å². The Morgan fingerprint density at radius 3 is 1.10 bits per heavy atom. The van der Waals surface area contributed by atoms with E-state index in [9.17, 15) is 19.0 Å². The number of unbranched alkanes of at least 4 members (excludes halogenated alkanes) is 29. The summed E-state index contributed by atoms with van der Waals surface area (Å²) < 4.78 is 30.8. The summed E-state index contributed by atoms with van der Waals surface area (Å²) in [6.07, 6.45) is 96.1. The van der Waals surface area contributed by atoms with Crippen molar-refractivity contribution in [2.24, 2.45) is 0 Å². The van der Waals surface area contributed by atoms with Crippen molar-refractivity contribution < 1.29 is 37.3 Å². The second kappa shape index (κ2) is 67.1. The van der Waals surface area contributed by atoms with E-state index in [4.69, 9.17) is 13.8 Å². The Morgan fingerprint density at radius 2 is 0.719 bits per heavy atom. The van der Waals surface area contributed by atoms with Crippen molar-refractivity contribution >= 4 is 19.7 Å². The minimum Gasteiger partial charge on any atom is -0.456 e. The van der Waals surface area contributed by atoms with Crippen LogP contribution in [0.3, 0.4) is 0 Å². The van der Waals surface area contributed by atoms with Gasteiger partial charge in [0, 0.05) is 12.8 Å². The van der Waals surface area contributed by atoms with Crippen LogP contribution < -0.4 is 5.32 Å². The first kappa shape index (κ1) is 85.2. The minimum atomic E-state index is -4.47. The van der Waals surface area contributed by atoms with Crippen LogP contribution in [0.4, 0.5) is 0 Å². The molecule has 0 aromatic rings. The highest BCUT2D eigenvalue weighted by molar-refractivity contribution is 7.47. The maximum Gasteiger partial charge on any atom is 0.472 e. The zero-order chi connectivity index (χ0) is 64.9. The lowest BCUT2D eigenvalue weighted by atomic mass is 10.0. The highest BCUT2D eigenvalue weighted by atomic mass is 31.2. The molecule has 2 N–H and O–H groups in total. The van der Waals surface area contributed by atoms with E-state index < -0.39 is 20.0 Å². The molecule has 0 aliphatic heterocycles. The number of carbonyl (C=O) groups excluding carboxylic acids is 2. The number of allylic oxidation sites excluding steroid dienone is 21. The number of nitrogens with zero attached hydrogens (tertiary/aromatic N) is 1. The summed E-state index contributed by atoms with van der Waals surface area (Å²) in [5.41, 5.74) is 0. The number of esters is 1.